The first-order valence-corrected chi connectivity index (χ1v) is 7.36. The van der Waals surface area contributed by atoms with Crippen molar-refractivity contribution in [2.24, 2.45) is 0 Å². The van der Waals surface area contributed by atoms with Crippen LogP contribution in [0.2, 0.25) is 10.0 Å². The van der Waals surface area contributed by atoms with E-state index in [-0.39, 0.29) is 5.91 Å². The van der Waals surface area contributed by atoms with E-state index in [1.807, 2.05) is 25.1 Å². The molecular formula is C16H16Cl2N2O. The van der Waals surface area contributed by atoms with E-state index in [4.69, 9.17) is 28.9 Å². The lowest BCUT2D eigenvalue weighted by Gasteiger charge is -2.22. The van der Waals surface area contributed by atoms with Gasteiger partial charge in [-0.1, -0.05) is 41.4 Å². The number of carbonyl (C=O) groups excluding carboxylic acids is 1. The molecule has 0 spiro atoms. The molecule has 0 fully saturated rings. The molecular weight excluding hydrogens is 307 g/mol. The zero-order valence-electron chi connectivity index (χ0n) is 11.6. The summed E-state index contributed by atoms with van der Waals surface area (Å²) < 4.78 is 0. The number of hydrogen-bond donors (Lipinski definition) is 1. The van der Waals surface area contributed by atoms with Crippen LogP contribution in [-0.2, 0) is 6.54 Å². The van der Waals surface area contributed by atoms with Gasteiger partial charge in [-0.05, 0) is 36.8 Å². The van der Waals surface area contributed by atoms with E-state index in [2.05, 4.69) is 0 Å². The number of nitrogens with two attached hydrogens (primary N) is 1. The fraction of sp³-hybridized carbons (Fsp3) is 0.188. The fourth-order valence-electron chi connectivity index (χ4n) is 2.08. The first-order valence-electron chi connectivity index (χ1n) is 6.60. The molecule has 2 N–H and O–H groups in total. The number of carbonyl (C=O) groups is 1. The molecule has 0 atom stereocenters. The summed E-state index contributed by atoms with van der Waals surface area (Å²) in [5.74, 6) is -0.141. The average molecular weight is 323 g/mol. The molecule has 2 aromatic rings. The second kappa shape index (κ2) is 6.83. The van der Waals surface area contributed by atoms with Gasteiger partial charge >= 0.3 is 0 Å². The predicted molar refractivity (Wildman–Crippen MR) is 87.7 cm³/mol. The molecule has 0 unspecified atom stereocenters. The Hall–Kier alpha value is -1.71. The number of halogens is 2. The molecule has 0 aliphatic heterocycles. The molecule has 5 heteroatoms. The van der Waals surface area contributed by atoms with Crippen LogP contribution >= 0.6 is 23.2 Å². The van der Waals surface area contributed by atoms with Crippen LogP contribution in [0.25, 0.3) is 0 Å². The molecule has 110 valence electrons. The van der Waals surface area contributed by atoms with Crippen LogP contribution in [0.4, 0.5) is 5.69 Å². The SMILES string of the molecule is CCN(Cc1cccc(Cl)c1)C(=O)c1cccc(Cl)c1N. The van der Waals surface area contributed by atoms with Crippen LogP contribution in [-0.4, -0.2) is 17.4 Å². The Balaban J connectivity index is 2.25. The Morgan fingerprint density at radius 1 is 1.19 bits per heavy atom. The minimum atomic E-state index is -0.141. The second-order valence-corrected chi connectivity index (χ2v) is 5.49. The van der Waals surface area contributed by atoms with Crippen LogP contribution in [0.3, 0.4) is 0 Å². The van der Waals surface area contributed by atoms with Crippen molar-refractivity contribution in [2.75, 3.05) is 12.3 Å². The van der Waals surface area contributed by atoms with Gasteiger partial charge in [0.1, 0.15) is 0 Å². The third kappa shape index (κ3) is 3.69. The zero-order chi connectivity index (χ0) is 15.4. The maximum Gasteiger partial charge on any atom is 0.256 e. The van der Waals surface area contributed by atoms with Crippen molar-refractivity contribution >= 4 is 34.8 Å². The first kappa shape index (κ1) is 15.7. The van der Waals surface area contributed by atoms with Gasteiger partial charge in [0.25, 0.3) is 5.91 Å². The largest absolute Gasteiger partial charge is 0.397 e. The Morgan fingerprint density at radius 3 is 2.57 bits per heavy atom. The van der Waals surface area contributed by atoms with Gasteiger partial charge in [0.15, 0.2) is 0 Å². The average Bonchev–Trinajstić information content (AvgIpc) is 2.47. The lowest BCUT2D eigenvalue weighted by atomic mass is 10.1. The number of para-hydroxylation sites is 1. The molecule has 2 aromatic carbocycles. The van der Waals surface area contributed by atoms with E-state index in [9.17, 15) is 4.79 Å². The van der Waals surface area contributed by atoms with E-state index < -0.39 is 0 Å². The highest BCUT2D eigenvalue weighted by Gasteiger charge is 2.18. The van der Waals surface area contributed by atoms with Crippen molar-refractivity contribution in [1.82, 2.24) is 4.90 Å². The standard InChI is InChI=1S/C16H16Cl2N2O/c1-2-20(10-11-5-3-6-12(17)9-11)16(21)13-7-4-8-14(18)15(13)19/h3-9H,2,10,19H2,1H3. The lowest BCUT2D eigenvalue weighted by Crippen LogP contribution is -2.30. The van der Waals surface area contributed by atoms with Crippen LogP contribution in [0.15, 0.2) is 42.5 Å². The Labute approximate surface area is 134 Å². The van der Waals surface area contributed by atoms with Crippen molar-refractivity contribution in [3.05, 3.63) is 63.6 Å². The molecule has 0 radical (unpaired) electrons. The number of nitrogen functional groups attached to an aromatic ring is 1. The third-order valence-corrected chi connectivity index (χ3v) is 3.78. The molecule has 0 heterocycles. The Kier molecular flexibility index (Phi) is 5.10. The molecule has 0 bridgehead atoms. The summed E-state index contributed by atoms with van der Waals surface area (Å²) in [4.78, 5) is 14.3. The summed E-state index contributed by atoms with van der Waals surface area (Å²) in [7, 11) is 0. The Bertz CT molecular complexity index is 658. The maximum absolute atomic E-state index is 12.6. The van der Waals surface area contributed by atoms with Gasteiger partial charge in [-0.15, -0.1) is 0 Å². The van der Waals surface area contributed by atoms with Crippen molar-refractivity contribution in [2.45, 2.75) is 13.5 Å². The van der Waals surface area contributed by atoms with E-state index in [0.29, 0.717) is 34.4 Å². The third-order valence-electron chi connectivity index (χ3n) is 3.21. The minimum Gasteiger partial charge on any atom is -0.397 e. The van der Waals surface area contributed by atoms with Gasteiger partial charge in [0.2, 0.25) is 0 Å². The highest BCUT2D eigenvalue weighted by Crippen LogP contribution is 2.24. The van der Waals surface area contributed by atoms with Crippen LogP contribution in [0, 0.1) is 0 Å². The van der Waals surface area contributed by atoms with Gasteiger partial charge in [-0.2, -0.15) is 0 Å². The van der Waals surface area contributed by atoms with Crippen molar-refractivity contribution in [3.63, 3.8) is 0 Å². The number of amides is 1. The second-order valence-electron chi connectivity index (χ2n) is 4.65. The molecule has 1 amide bonds. The highest BCUT2D eigenvalue weighted by molar-refractivity contribution is 6.34. The fourth-order valence-corrected chi connectivity index (χ4v) is 2.46. The van der Waals surface area contributed by atoms with E-state index in [1.165, 1.54) is 0 Å². The number of nitrogens with zero attached hydrogens (tertiary/aromatic N) is 1. The Morgan fingerprint density at radius 2 is 1.90 bits per heavy atom. The first-order chi connectivity index (χ1) is 10.0. The molecule has 21 heavy (non-hydrogen) atoms. The minimum absolute atomic E-state index is 0.141. The number of hydrogen-bond acceptors (Lipinski definition) is 2. The zero-order valence-corrected chi connectivity index (χ0v) is 13.2. The molecule has 3 nitrogen and oxygen atoms in total. The van der Waals surface area contributed by atoms with E-state index >= 15 is 0 Å². The summed E-state index contributed by atoms with van der Waals surface area (Å²) >= 11 is 11.9. The topological polar surface area (TPSA) is 46.3 Å². The van der Waals surface area contributed by atoms with Crippen LogP contribution in [0.1, 0.15) is 22.8 Å². The molecule has 0 saturated heterocycles. The highest BCUT2D eigenvalue weighted by atomic mass is 35.5. The van der Waals surface area contributed by atoms with Gasteiger partial charge in [-0.3, -0.25) is 4.79 Å². The number of benzene rings is 2. The maximum atomic E-state index is 12.6. The van der Waals surface area contributed by atoms with Crippen molar-refractivity contribution in [1.29, 1.82) is 0 Å². The molecule has 0 saturated carbocycles. The molecule has 0 aliphatic rings. The summed E-state index contributed by atoms with van der Waals surface area (Å²) in [6.07, 6.45) is 0. The molecule has 0 aromatic heterocycles. The summed E-state index contributed by atoms with van der Waals surface area (Å²) in [6, 6.07) is 12.5. The van der Waals surface area contributed by atoms with E-state index in [0.717, 1.165) is 5.56 Å². The smallest absolute Gasteiger partial charge is 0.256 e. The van der Waals surface area contributed by atoms with Crippen molar-refractivity contribution in [3.8, 4) is 0 Å². The normalized spacial score (nSPS) is 10.4. The van der Waals surface area contributed by atoms with E-state index in [1.54, 1.807) is 29.2 Å². The van der Waals surface area contributed by atoms with Crippen LogP contribution < -0.4 is 5.73 Å². The predicted octanol–water partition coefficient (Wildman–Crippen LogP) is 4.24. The molecule has 0 aliphatic carbocycles. The van der Waals surface area contributed by atoms with Gasteiger partial charge in [0, 0.05) is 18.1 Å². The number of rotatable bonds is 4. The number of anilines is 1. The summed E-state index contributed by atoms with van der Waals surface area (Å²) in [5.41, 5.74) is 7.60. The van der Waals surface area contributed by atoms with Gasteiger partial charge < -0.3 is 10.6 Å². The van der Waals surface area contributed by atoms with Crippen LogP contribution in [0.5, 0.6) is 0 Å². The summed E-state index contributed by atoms with van der Waals surface area (Å²) in [5, 5.41) is 1.04. The van der Waals surface area contributed by atoms with Crippen molar-refractivity contribution < 1.29 is 4.79 Å². The van der Waals surface area contributed by atoms with Gasteiger partial charge in [0.05, 0.1) is 16.3 Å². The summed E-state index contributed by atoms with van der Waals surface area (Å²) in [6.45, 7) is 2.96. The molecule has 2 rings (SSSR count). The monoisotopic (exact) mass is 322 g/mol. The quantitative estimate of drug-likeness (QED) is 0.856. The lowest BCUT2D eigenvalue weighted by molar-refractivity contribution is 0.0753. The van der Waals surface area contributed by atoms with Gasteiger partial charge in [-0.25, -0.2) is 0 Å².